The molecule has 4 heterocycles. The van der Waals surface area contributed by atoms with E-state index in [1.807, 2.05) is 49.0 Å². The van der Waals surface area contributed by atoms with E-state index in [2.05, 4.69) is 29.2 Å². The van der Waals surface area contributed by atoms with E-state index in [0.29, 0.717) is 23.6 Å². The smallest absolute Gasteiger partial charge is 0.252 e. The lowest BCUT2D eigenvalue weighted by Crippen LogP contribution is -2.23. The monoisotopic (exact) mass is 423 g/mol. The Hall–Kier alpha value is -3.00. The number of carbonyl (C=O) groups excluding carboxylic acids is 1. The second-order valence-electron chi connectivity index (χ2n) is 7.87. The molecule has 0 bridgehead atoms. The van der Waals surface area contributed by atoms with Crippen LogP contribution in [0, 0.1) is 6.92 Å². The van der Waals surface area contributed by atoms with Crippen molar-refractivity contribution in [1.82, 2.24) is 25.1 Å². The van der Waals surface area contributed by atoms with E-state index in [0.717, 1.165) is 27.4 Å². The lowest BCUT2D eigenvalue weighted by Gasteiger charge is -2.12. The van der Waals surface area contributed by atoms with Crippen molar-refractivity contribution < 1.29 is 9.21 Å². The summed E-state index contributed by atoms with van der Waals surface area (Å²) in [7, 11) is 0. The van der Waals surface area contributed by atoms with Gasteiger partial charge in [0.2, 0.25) is 0 Å². The van der Waals surface area contributed by atoms with E-state index >= 15 is 0 Å². The molecule has 0 saturated heterocycles. The number of fused-ring (bicyclic) bond motifs is 1. The molecule has 0 saturated carbocycles. The zero-order chi connectivity index (χ0) is 21.4. The Bertz CT molecular complexity index is 1200. The van der Waals surface area contributed by atoms with Crippen LogP contribution in [0.5, 0.6) is 0 Å². The van der Waals surface area contributed by atoms with Crippen LogP contribution in [0.15, 0.2) is 34.2 Å². The van der Waals surface area contributed by atoms with Crippen molar-refractivity contribution in [2.45, 2.75) is 53.1 Å². The van der Waals surface area contributed by atoms with Crippen LogP contribution in [0.1, 0.15) is 66.5 Å². The highest BCUT2D eigenvalue weighted by Crippen LogP contribution is 2.26. The van der Waals surface area contributed by atoms with Crippen LogP contribution in [-0.2, 0) is 6.54 Å². The Kier molecular flexibility index (Phi) is 5.42. The third-order valence-electron chi connectivity index (χ3n) is 4.87. The second-order valence-corrected chi connectivity index (χ2v) is 8.93. The van der Waals surface area contributed by atoms with Gasteiger partial charge in [-0.25, -0.2) is 14.6 Å². The Labute approximate surface area is 179 Å². The van der Waals surface area contributed by atoms with E-state index in [4.69, 9.17) is 9.40 Å². The molecule has 30 heavy (non-hydrogen) atoms. The van der Waals surface area contributed by atoms with Crippen LogP contribution in [0.2, 0.25) is 0 Å². The van der Waals surface area contributed by atoms with Crippen molar-refractivity contribution in [1.29, 1.82) is 0 Å². The Morgan fingerprint density at radius 3 is 2.70 bits per heavy atom. The van der Waals surface area contributed by atoms with Gasteiger partial charge in [-0.2, -0.15) is 5.10 Å². The zero-order valence-electron chi connectivity index (χ0n) is 17.8. The van der Waals surface area contributed by atoms with Gasteiger partial charge in [-0.05, 0) is 44.9 Å². The molecule has 0 fully saturated rings. The highest BCUT2D eigenvalue weighted by molar-refractivity contribution is 7.09. The van der Waals surface area contributed by atoms with Gasteiger partial charge in [0.1, 0.15) is 11.5 Å². The van der Waals surface area contributed by atoms with E-state index in [1.54, 1.807) is 17.5 Å². The highest BCUT2D eigenvalue weighted by atomic mass is 32.1. The molecule has 0 aromatic carbocycles. The SMILES string of the molecule is Cc1nc(-c2ccc(CNC(=O)c3cc(C(C)C)nc4c3cnn4C(C)C)o2)cs1. The van der Waals surface area contributed by atoms with Crippen molar-refractivity contribution in [2.75, 3.05) is 0 Å². The van der Waals surface area contributed by atoms with Gasteiger partial charge < -0.3 is 9.73 Å². The van der Waals surface area contributed by atoms with Crippen LogP contribution >= 0.6 is 11.3 Å². The largest absolute Gasteiger partial charge is 0.458 e. The van der Waals surface area contributed by atoms with E-state index < -0.39 is 0 Å². The molecule has 4 aromatic rings. The van der Waals surface area contributed by atoms with Gasteiger partial charge in [-0.3, -0.25) is 4.79 Å². The lowest BCUT2D eigenvalue weighted by molar-refractivity contribution is 0.0949. The number of nitrogens with one attached hydrogen (secondary N) is 1. The van der Waals surface area contributed by atoms with Crippen LogP contribution in [-0.4, -0.2) is 25.7 Å². The number of amides is 1. The summed E-state index contributed by atoms with van der Waals surface area (Å²) in [6.45, 7) is 10.5. The normalized spacial score (nSPS) is 11.7. The number of hydrogen-bond donors (Lipinski definition) is 1. The highest BCUT2D eigenvalue weighted by Gasteiger charge is 2.19. The van der Waals surface area contributed by atoms with Crippen molar-refractivity contribution >= 4 is 28.3 Å². The molecular formula is C22H25N5O2S. The molecule has 7 nitrogen and oxygen atoms in total. The standard InChI is InChI=1S/C22H25N5O2S/c1-12(2)18-8-16(17-10-24-27(13(3)4)21(17)26-18)22(28)23-9-15-6-7-20(29-15)19-11-30-14(5)25-19/h6-8,10-13H,9H2,1-5H3,(H,23,28). The molecule has 1 amide bonds. The van der Waals surface area contributed by atoms with Gasteiger partial charge in [-0.15, -0.1) is 11.3 Å². The summed E-state index contributed by atoms with van der Waals surface area (Å²) in [4.78, 5) is 22.2. The Morgan fingerprint density at radius 1 is 1.23 bits per heavy atom. The molecule has 156 valence electrons. The average Bonchev–Trinajstić information content (AvgIpc) is 3.43. The fourth-order valence-electron chi connectivity index (χ4n) is 3.25. The molecule has 4 rings (SSSR count). The number of rotatable bonds is 6. The number of nitrogens with zero attached hydrogens (tertiary/aromatic N) is 4. The van der Waals surface area contributed by atoms with Gasteiger partial charge in [0.05, 0.1) is 28.7 Å². The van der Waals surface area contributed by atoms with E-state index in [1.165, 1.54) is 0 Å². The molecule has 0 unspecified atom stereocenters. The first-order valence-corrected chi connectivity index (χ1v) is 10.9. The fraction of sp³-hybridized carbons (Fsp3) is 0.364. The van der Waals surface area contributed by atoms with Gasteiger partial charge in [-0.1, -0.05) is 13.8 Å². The molecule has 0 radical (unpaired) electrons. The third kappa shape index (κ3) is 3.87. The number of aryl methyl sites for hydroxylation is 1. The molecular weight excluding hydrogens is 398 g/mol. The maximum absolute atomic E-state index is 13.0. The topological polar surface area (TPSA) is 85.8 Å². The van der Waals surface area contributed by atoms with Crippen LogP contribution in [0.25, 0.3) is 22.5 Å². The number of aromatic nitrogens is 4. The lowest BCUT2D eigenvalue weighted by atomic mass is 10.0. The van der Waals surface area contributed by atoms with Crippen molar-refractivity contribution in [3.8, 4) is 11.5 Å². The summed E-state index contributed by atoms with van der Waals surface area (Å²) < 4.78 is 7.71. The number of thiazole rings is 1. The molecule has 0 aliphatic carbocycles. The van der Waals surface area contributed by atoms with Gasteiger partial charge in [0.15, 0.2) is 11.4 Å². The third-order valence-corrected chi connectivity index (χ3v) is 5.64. The number of furan rings is 1. The summed E-state index contributed by atoms with van der Waals surface area (Å²) in [5.41, 5.74) is 3.00. The minimum Gasteiger partial charge on any atom is -0.458 e. The van der Waals surface area contributed by atoms with Crippen molar-refractivity contribution in [2.24, 2.45) is 0 Å². The quantitative estimate of drug-likeness (QED) is 0.467. The van der Waals surface area contributed by atoms with Crippen LogP contribution in [0.4, 0.5) is 0 Å². The minimum atomic E-state index is -0.171. The van der Waals surface area contributed by atoms with Gasteiger partial charge in [0.25, 0.3) is 5.91 Å². The Morgan fingerprint density at radius 2 is 2.03 bits per heavy atom. The first-order chi connectivity index (χ1) is 14.3. The molecule has 0 atom stereocenters. The molecule has 0 aliphatic heterocycles. The summed E-state index contributed by atoms with van der Waals surface area (Å²) in [6, 6.07) is 5.76. The summed E-state index contributed by atoms with van der Waals surface area (Å²) in [6.07, 6.45) is 1.72. The maximum atomic E-state index is 13.0. The summed E-state index contributed by atoms with van der Waals surface area (Å²) in [5, 5.41) is 11.1. The van der Waals surface area contributed by atoms with Crippen LogP contribution in [0.3, 0.4) is 0 Å². The average molecular weight is 424 g/mol. The first-order valence-electron chi connectivity index (χ1n) is 10.0. The van der Waals surface area contributed by atoms with E-state index in [9.17, 15) is 4.79 Å². The second kappa shape index (κ2) is 8.02. The summed E-state index contributed by atoms with van der Waals surface area (Å²) in [5.74, 6) is 1.41. The molecule has 0 spiro atoms. The number of pyridine rings is 1. The van der Waals surface area contributed by atoms with E-state index in [-0.39, 0.29) is 17.9 Å². The van der Waals surface area contributed by atoms with Crippen LogP contribution < -0.4 is 5.32 Å². The minimum absolute atomic E-state index is 0.157. The number of carbonyl (C=O) groups is 1. The molecule has 0 aliphatic rings. The maximum Gasteiger partial charge on any atom is 0.252 e. The predicted octanol–water partition coefficient (Wildman–Crippen LogP) is 5.09. The Balaban J connectivity index is 1.58. The van der Waals surface area contributed by atoms with Gasteiger partial charge in [0, 0.05) is 17.1 Å². The van der Waals surface area contributed by atoms with Gasteiger partial charge >= 0.3 is 0 Å². The van der Waals surface area contributed by atoms with Crippen molar-refractivity contribution in [3.63, 3.8) is 0 Å². The molecule has 4 aromatic heterocycles. The predicted molar refractivity (Wildman–Crippen MR) is 118 cm³/mol. The number of hydrogen-bond acceptors (Lipinski definition) is 6. The first kappa shape index (κ1) is 20.3. The zero-order valence-corrected chi connectivity index (χ0v) is 18.6. The molecule has 1 N–H and O–H groups in total. The van der Waals surface area contributed by atoms with Crippen molar-refractivity contribution in [3.05, 3.63) is 51.8 Å². The molecule has 8 heteroatoms. The fourth-order valence-corrected chi connectivity index (χ4v) is 3.85. The summed E-state index contributed by atoms with van der Waals surface area (Å²) >= 11 is 1.58.